The largest absolute Gasteiger partial charge is 0.489 e. The minimum absolute atomic E-state index is 0.257. The normalized spacial score (nSPS) is 16.3. The molecule has 0 aliphatic carbocycles. The van der Waals surface area contributed by atoms with Crippen LogP contribution in [0, 0.1) is 0 Å². The van der Waals surface area contributed by atoms with Crippen LogP contribution in [0.2, 0.25) is 5.02 Å². The van der Waals surface area contributed by atoms with E-state index in [-0.39, 0.29) is 5.92 Å². The van der Waals surface area contributed by atoms with Gasteiger partial charge in [0.25, 0.3) is 0 Å². The van der Waals surface area contributed by atoms with Crippen molar-refractivity contribution >= 4 is 11.6 Å². The molecule has 2 rings (SSSR count). The molecule has 3 nitrogen and oxygen atoms in total. The van der Waals surface area contributed by atoms with E-state index >= 15 is 0 Å². The number of benzene rings is 1. The van der Waals surface area contributed by atoms with Gasteiger partial charge in [-0.05, 0) is 30.0 Å². The first-order valence-electron chi connectivity index (χ1n) is 6.88. The topological polar surface area (TPSA) is 44.5 Å². The van der Waals surface area contributed by atoms with E-state index in [0.29, 0.717) is 36.4 Å². The van der Waals surface area contributed by atoms with Crippen molar-refractivity contribution in [3.05, 3.63) is 22.2 Å². The summed E-state index contributed by atoms with van der Waals surface area (Å²) in [6.45, 7) is 8.34. The third-order valence-electron chi connectivity index (χ3n) is 3.50. The van der Waals surface area contributed by atoms with Crippen molar-refractivity contribution in [3.63, 3.8) is 0 Å². The molecule has 1 aliphatic rings. The third kappa shape index (κ3) is 2.82. The average molecular weight is 284 g/mol. The van der Waals surface area contributed by atoms with Gasteiger partial charge in [-0.2, -0.15) is 0 Å². The summed E-state index contributed by atoms with van der Waals surface area (Å²) in [4.78, 5) is 0. The lowest BCUT2D eigenvalue weighted by Gasteiger charge is -2.23. The fourth-order valence-corrected chi connectivity index (χ4v) is 2.71. The summed E-state index contributed by atoms with van der Waals surface area (Å²) < 4.78 is 11.7. The van der Waals surface area contributed by atoms with Crippen molar-refractivity contribution in [3.8, 4) is 11.5 Å². The zero-order chi connectivity index (χ0) is 14.0. The van der Waals surface area contributed by atoms with E-state index in [1.54, 1.807) is 0 Å². The van der Waals surface area contributed by atoms with Gasteiger partial charge in [-0.15, -0.1) is 0 Å². The Morgan fingerprint density at radius 2 is 1.84 bits per heavy atom. The molecule has 1 aromatic carbocycles. The van der Waals surface area contributed by atoms with Gasteiger partial charge in [0.2, 0.25) is 0 Å². The van der Waals surface area contributed by atoms with Gasteiger partial charge in [-0.3, -0.25) is 0 Å². The van der Waals surface area contributed by atoms with Crippen LogP contribution in [0.3, 0.4) is 0 Å². The van der Waals surface area contributed by atoms with E-state index < -0.39 is 0 Å². The van der Waals surface area contributed by atoms with Crippen molar-refractivity contribution in [2.45, 2.75) is 39.0 Å². The minimum atomic E-state index is 0.257. The molecular formula is C15H22ClNO2. The summed E-state index contributed by atoms with van der Waals surface area (Å²) in [6.07, 6.45) is 0.879. The average Bonchev–Trinajstić information content (AvgIpc) is 2.63. The first-order valence-corrected chi connectivity index (χ1v) is 7.26. The Bertz CT molecular complexity index is 460. The molecule has 4 heteroatoms. The Labute approximate surface area is 120 Å². The molecular weight excluding hydrogens is 262 g/mol. The summed E-state index contributed by atoms with van der Waals surface area (Å²) in [5.74, 6) is 2.11. The maximum absolute atomic E-state index is 6.35. The Hall–Kier alpha value is -0.930. The second kappa shape index (κ2) is 6.02. The number of hydrogen-bond acceptors (Lipinski definition) is 3. The first kappa shape index (κ1) is 14.5. The molecule has 1 aliphatic heterocycles. The maximum Gasteiger partial charge on any atom is 0.180 e. The van der Waals surface area contributed by atoms with E-state index in [1.165, 1.54) is 11.1 Å². The lowest BCUT2D eigenvalue weighted by Crippen LogP contribution is -2.13. The van der Waals surface area contributed by atoms with Gasteiger partial charge in [0.15, 0.2) is 11.5 Å². The molecule has 0 bridgehead atoms. The van der Waals surface area contributed by atoms with Crippen LogP contribution < -0.4 is 15.2 Å². The fraction of sp³-hybridized carbons (Fsp3) is 0.600. The van der Waals surface area contributed by atoms with Crippen LogP contribution in [0.1, 0.15) is 50.2 Å². The summed E-state index contributed by atoms with van der Waals surface area (Å²) in [5.41, 5.74) is 8.17. The Kier molecular flexibility index (Phi) is 4.58. The molecule has 0 aromatic heterocycles. The molecule has 1 heterocycles. The van der Waals surface area contributed by atoms with Gasteiger partial charge < -0.3 is 15.2 Å². The molecule has 0 fully saturated rings. The molecule has 106 valence electrons. The Balaban J connectivity index is 2.63. The number of nitrogens with two attached hydrogens (primary N) is 1. The van der Waals surface area contributed by atoms with Gasteiger partial charge in [0.1, 0.15) is 0 Å². The van der Waals surface area contributed by atoms with E-state index in [2.05, 4.69) is 20.8 Å². The highest BCUT2D eigenvalue weighted by Crippen LogP contribution is 2.46. The van der Waals surface area contributed by atoms with E-state index in [1.807, 2.05) is 6.07 Å². The summed E-state index contributed by atoms with van der Waals surface area (Å²) in [7, 11) is 0. The van der Waals surface area contributed by atoms with E-state index in [0.717, 1.165) is 12.2 Å². The summed E-state index contributed by atoms with van der Waals surface area (Å²) >= 11 is 6.35. The monoisotopic (exact) mass is 283 g/mol. The lowest BCUT2D eigenvalue weighted by molar-refractivity contribution is 0.295. The predicted octanol–water partition coefficient (Wildman–Crippen LogP) is 3.69. The van der Waals surface area contributed by atoms with Gasteiger partial charge in [-0.1, -0.05) is 32.4 Å². The second-order valence-electron chi connectivity index (χ2n) is 5.36. The molecule has 0 saturated heterocycles. The zero-order valence-electron chi connectivity index (χ0n) is 11.8. The molecule has 19 heavy (non-hydrogen) atoms. The van der Waals surface area contributed by atoms with Crippen LogP contribution >= 0.6 is 11.6 Å². The highest BCUT2D eigenvalue weighted by molar-refractivity contribution is 6.32. The molecule has 0 radical (unpaired) electrons. The van der Waals surface area contributed by atoms with Gasteiger partial charge in [-0.25, -0.2) is 0 Å². The second-order valence-corrected chi connectivity index (χ2v) is 5.77. The molecule has 2 N–H and O–H groups in total. The lowest BCUT2D eigenvalue weighted by atomic mass is 9.88. The van der Waals surface area contributed by atoms with Gasteiger partial charge in [0, 0.05) is 12.0 Å². The van der Waals surface area contributed by atoms with Crippen molar-refractivity contribution in [2.75, 3.05) is 19.8 Å². The number of hydrogen-bond donors (Lipinski definition) is 1. The van der Waals surface area contributed by atoms with Crippen LogP contribution in [-0.2, 0) is 0 Å². The fourth-order valence-electron chi connectivity index (χ4n) is 2.46. The Morgan fingerprint density at radius 3 is 2.42 bits per heavy atom. The highest BCUT2D eigenvalue weighted by Gasteiger charge is 2.25. The van der Waals surface area contributed by atoms with Crippen molar-refractivity contribution in [1.82, 2.24) is 0 Å². The van der Waals surface area contributed by atoms with Crippen molar-refractivity contribution < 1.29 is 9.47 Å². The van der Waals surface area contributed by atoms with Crippen LogP contribution in [0.15, 0.2) is 6.07 Å². The van der Waals surface area contributed by atoms with E-state index in [9.17, 15) is 0 Å². The van der Waals surface area contributed by atoms with Crippen LogP contribution in [0.5, 0.6) is 11.5 Å². The number of ether oxygens (including phenoxy) is 2. The molecule has 0 amide bonds. The molecule has 0 saturated carbocycles. The Morgan fingerprint density at radius 1 is 1.21 bits per heavy atom. The van der Waals surface area contributed by atoms with Gasteiger partial charge in [0.05, 0.1) is 18.2 Å². The molecule has 1 aromatic rings. The first-order chi connectivity index (χ1) is 9.06. The smallest absolute Gasteiger partial charge is 0.180 e. The maximum atomic E-state index is 6.35. The summed E-state index contributed by atoms with van der Waals surface area (Å²) in [5, 5.41) is 0.622. The number of rotatable bonds is 3. The molecule has 0 spiro atoms. The van der Waals surface area contributed by atoms with E-state index in [4.69, 9.17) is 26.8 Å². The SMILES string of the molecule is CC(C)c1c(C(C)CN)cc(Cl)c2c1OCCCO2. The summed E-state index contributed by atoms with van der Waals surface area (Å²) in [6, 6.07) is 1.99. The molecule has 1 unspecified atom stereocenters. The quantitative estimate of drug-likeness (QED) is 0.920. The van der Waals surface area contributed by atoms with Crippen molar-refractivity contribution in [2.24, 2.45) is 5.73 Å². The standard InChI is InChI=1S/C15H22ClNO2/c1-9(2)13-11(10(3)8-17)7-12(16)14-15(13)19-6-4-5-18-14/h7,9-10H,4-6,8,17H2,1-3H3. The van der Waals surface area contributed by atoms with Crippen LogP contribution in [-0.4, -0.2) is 19.8 Å². The van der Waals surface area contributed by atoms with Crippen molar-refractivity contribution in [1.29, 1.82) is 0 Å². The van der Waals surface area contributed by atoms with Crippen LogP contribution in [0.4, 0.5) is 0 Å². The minimum Gasteiger partial charge on any atom is -0.489 e. The van der Waals surface area contributed by atoms with Crippen LogP contribution in [0.25, 0.3) is 0 Å². The van der Waals surface area contributed by atoms with Gasteiger partial charge >= 0.3 is 0 Å². The predicted molar refractivity (Wildman–Crippen MR) is 78.6 cm³/mol. The molecule has 1 atom stereocenters. The zero-order valence-corrected chi connectivity index (χ0v) is 12.6. The highest BCUT2D eigenvalue weighted by atomic mass is 35.5. The number of fused-ring (bicyclic) bond motifs is 1. The number of halogens is 1. The third-order valence-corrected chi connectivity index (χ3v) is 3.79.